The number of nitro groups is 1. The highest BCUT2D eigenvalue weighted by atomic mass is 16.6. The van der Waals surface area contributed by atoms with Gasteiger partial charge in [-0.15, -0.1) is 0 Å². The van der Waals surface area contributed by atoms with Gasteiger partial charge < -0.3 is 9.64 Å². The van der Waals surface area contributed by atoms with E-state index in [2.05, 4.69) is 0 Å². The Balaban J connectivity index is 2.27. The smallest absolute Gasteiger partial charge is 0.329 e. The minimum absolute atomic E-state index is 0.0478. The molecule has 1 unspecified atom stereocenters. The van der Waals surface area contributed by atoms with E-state index in [0.717, 1.165) is 11.3 Å². The lowest BCUT2D eigenvalue weighted by atomic mass is 10.1. The van der Waals surface area contributed by atoms with Crippen molar-refractivity contribution in [3.05, 3.63) is 33.9 Å². The number of anilines is 1. The predicted molar refractivity (Wildman–Crippen MR) is 65.6 cm³/mol. The number of non-ortho nitro benzene ring substituents is 1. The van der Waals surface area contributed by atoms with Crippen molar-refractivity contribution >= 4 is 17.3 Å². The van der Waals surface area contributed by atoms with E-state index in [4.69, 9.17) is 4.74 Å². The Kier molecular flexibility index (Phi) is 3.18. The monoisotopic (exact) mass is 250 g/mol. The molecule has 1 aromatic carbocycles. The minimum atomic E-state index is -0.433. The molecule has 0 aromatic heterocycles. The summed E-state index contributed by atoms with van der Waals surface area (Å²) in [5.74, 6) is -0.293. The number of carbonyl (C=O) groups is 1. The van der Waals surface area contributed by atoms with Crippen LogP contribution in [-0.4, -0.2) is 30.6 Å². The van der Waals surface area contributed by atoms with Gasteiger partial charge in [0.25, 0.3) is 5.69 Å². The number of esters is 1. The zero-order valence-corrected chi connectivity index (χ0v) is 10.3. The van der Waals surface area contributed by atoms with Crippen LogP contribution in [0.2, 0.25) is 0 Å². The van der Waals surface area contributed by atoms with Crippen molar-refractivity contribution in [3.8, 4) is 0 Å². The Morgan fingerprint density at radius 2 is 2.33 bits per heavy atom. The SMILES string of the molecule is CCOC(=O)C1Cc2cc([N+](=O)[O-])ccc2N1C. The summed E-state index contributed by atoms with van der Waals surface area (Å²) < 4.78 is 4.99. The number of ether oxygens (including phenoxy) is 1. The van der Waals surface area contributed by atoms with E-state index in [1.165, 1.54) is 12.1 Å². The van der Waals surface area contributed by atoms with Crippen LogP contribution >= 0.6 is 0 Å². The first-order valence-corrected chi connectivity index (χ1v) is 5.71. The van der Waals surface area contributed by atoms with Gasteiger partial charge in [0.15, 0.2) is 0 Å². The summed E-state index contributed by atoms with van der Waals surface area (Å²) in [6.45, 7) is 2.09. The predicted octanol–water partition coefficient (Wildman–Crippen LogP) is 1.52. The van der Waals surface area contributed by atoms with Gasteiger partial charge >= 0.3 is 5.97 Å². The molecule has 0 spiro atoms. The molecule has 0 saturated carbocycles. The molecule has 1 heterocycles. The zero-order valence-electron chi connectivity index (χ0n) is 10.3. The Morgan fingerprint density at radius 1 is 1.61 bits per heavy atom. The van der Waals surface area contributed by atoms with Crippen LogP contribution in [0.25, 0.3) is 0 Å². The molecule has 1 aliphatic heterocycles. The number of nitro benzene ring substituents is 1. The van der Waals surface area contributed by atoms with E-state index in [0.29, 0.717) is 13.0 Å². The minimum Gasteiger partial charge on any atom is -0.464 e. The van der Waals surface area contributed by atoms with Crippen LogP contribution in [0.4, 0.5) is 11.4 Å². The van der Waals surface area contributed by atoms with E-state index in [9.17, 15) is 14.9 Å². The van der Waals surface area contributed by atoms with Gasteiger partial charge in [-0.2, -0.15) is 0 Å². The third kappa shape index (κ3) is 2.01. The molecule has 1 aromatic rings. The second-order valence-electron chi connectivity index (χ2n) is 4.15. The van der Waals surface area contributed by atoms with Crippen molar-refractivity contribution in [2.24, 2.45) is 0 Å². The van der Waals surface area contributed by atoms with Crippen molar-refractivity contribution in [2.75, 3.05) is 18.6 Å². The van der Waals surface area contributed by atoms with E-state index >= 15 is 0 Å². The van der Waals surface area contributed by atoms with Gasteiger partial charge in [-0.25, -0.2) is 4.79 Å². The fraction of sp³-hybridized carbons (Fsp3) is 0.417. The normalized spacial score (nSPS) is 17.4. The lowest BCUT2D eigenvalue weighted by Gasteiger charge is -2.20. The number of hydrogen-bond acceptors (Lipinski definition) is 5. The molecule has 1 atom stereocenters. The van der Waals surface area contributed by atoms with Crippen LogP contribution in [0.5, 0.6) is 0 Å². The average molecular weight is 250 g/mol. The molecule has 0 radical (unpaired) electrons. The van der Waals surface area contributed by atoms with Crippen LogP contribution in [0, 0.1) is 10.1 Å². The van der Waals surface area contributed by atoms with Gasteiger partial charge in [-0.05, 0) is 18.6 Å². The average Bonchev–Trinajstić information content (AvgIpc) is 2.66. The Labute approximate surface area is 104 Å². The third-order valence-electron chi connectivity index (χ3n) is 3.09. The fourth-order valence-corrected chi connectivity index (χ4v) is 2.19. The maximum absolute atomic E-state index is 11.7. The van der Waals surface area contributed by atoms with Gasteiger partial charge in [0.1, 0.15) is 6.04 Å². The molecule has 0 amide bonds. The highest BCUT2D eigenvalue weighted by Crippen LogP contribution is 2.33. The molecule has 0 fully saturated rings. The first-order chi connectivity index (χ1) is 8.54. The van der Waals surface area contributed by atoms with Crippen LogP contribution in [0.3, 0.4) is 0 Å². The topological polar surface area (TPSA) is 72.7 Å². The highest BCUT2D eigenvalue weighted by molar-refractivity contribution is 5.84. The van der Waals surface area contributed by atoms with Gasteiger partial charge in [0.05, 0.1) is 11.5 Å². The van der Waals surface area contributed by atoms with Crippen LogP contribution in [0.15, 0.2) is 18.2 Å². The largest absolute Gasteiger partial charge is 0.464 e. The summed E-state index contributed by atoms with van der Waals surface area (Å²) in [6.07, 6.45) is 0.451. The van der Waals surface area contributed by atoms with Crippen LogP contribution < -0.4 is 4.90 Å². The fourth-order valence-electron chi connectivity index (χ4n) is 2.19. The number of rotatable bonds is 3. The maximum atomic E-state index is 11.7. The Bertz CT molecular complexity index is 501. The van der Waals surface area contributed by atoms with Crippen LogP contribution in [0.1, 0.15) is 12.5 Å². The maximum Gasteiger partial charge on any atom is 0.329 e. The molecule has 0 aliphatic carbocycles. The zero-order chi connectivity index (χ0) is 13.3. The number of nitrogens with zero attached hydrogens (tertiary/aromatic N) is 2. The first kappa shape index (κ1) is 12.3. The molecule has 0 N–H and O–H groups in total. The van der Waals surface area contributed by atoms with Crippen molar-refractivity contribution in [1.29, 1.82) is 0 Å². The molecule has 2 rings (SSSR count). The lowest BCUT2D eigenvalue weighted by Crippen LogP contribution is -2.37. The molecule has 1 aliphatic rings. The molecule has 96 valence electrons. The van der Waals surface area contributed by atoms with Gasteiger partial charge in [-0.1, -0.05) is 0 Å². The molecular formula is C12H14N2O4. The molecule has 18 heavy (non-hydrogen) atoms. The number of fused-ring (bicyclic) bond motifs is 1. The van der Waals surface area contributed by atoms with E-state index in [1.54, 1.807) is 24.9 Å². The second kappa shape index (κ2) is 4.64. The van der Waals surface area contributed by atoms with Crippen molar-refractivity contribution in [1.82, 2.24) is 0 Å². The van der Waals surface area contributed by atoms with Gasteiger partial charge in [0.2, 0.25) is 0 Å². The standard InChI is InChI=1S/C12H14N2O4/c1-3-18-12(15)11-7-8-6-9(14(16)17)4-5-10(8)13(11)2/h4-6,11H,3,7H2,1-2H3. The van der Waals surface area contributed by atoms with Gasteiger partial charge in [-0.3, -0.25) is 10.1 Å². The summed E-state index contributed by atoms with van der Waals surface area (Å²) in [5, 5.41) is 10.7. The second-order valence-corrected chi connectivity index (χ2v) is 4.15. The first-order valence-electron chi connectivity index (χ1n) is 5.71. The summed E-state index contributed by atoms with van der Waals surface area (Å²) in [7, 11) is 1.79. The van der Waals surface area contributed by atoms with Crippen LogP contribution in [-0.2, 0) is 16.0 Å². The number of carbonyl (C=O) groups excluding carboxylic acids is 1. The van der Waals surface area contributed by atoms with Crippen molar-refractivity contribution in [3.63, 3.8) is 0 Å². The quantitative estimate of drug-likeness (QED) is 0.462. The molecule has 0 bridgehead atoms. The number of likely N-dealkylation sites (N-methyl/N-ethyl adjacent to an activating group) is 1. The summed E-state index contributed by atoms with van der Waals surface area (Å²) in [5.41, 5.74) is 1.70. The number of hydrogen-bond donors (Lipinski definition) is 0. The van der Waals surface area contributed by atoms with Gasteiger partial charge in [0, 0.05) is 31.3 Å². The summed E-state index contributed by atoms with van der Waals surface area (Å²) >= 11 is 0. The lowest BCUT2D eigenvalue weighted by molar-refractivity contribution is -0.384. The molecular weight excluding hydrogens is 236 g/mol. The van der Waals surface area contributed by atoms with Crippen molar-refractivity contribution < 1.29 is 14.5 Å². The Morgan fingerprint density at radius 3 is 2.94 bits per heavy atom. The van der Waals surface area contributed by atoms with E-state index in [-0.39, 0.29) is 17.7 Å². The Hall–Kier alpha value is -2.11. The summed E-state index contributed by atoms with van der Waals surface area (Å²) in [4.78, 5) is 23.8. The molecule has 0 saturated heterocycles. The highest BCUT2D eigenvalue weighted by Gasteiger charge is 2.33. The molecule has 6 nitrogen and oxygen atoms in total. The third-order valence-corrected chi connectivity index (χ3v) is 3.09. The summed E-state index contributed by atoms with van der Waals surface area (Å²) in [6, 6.07) is 4.25. The van der Waals surface area contributed by atoms with E-state index < -0.39 is 4.92 Å². The molecule has 6 heteroatoms. The van der Waals surface area contributed by atoms with E-state index in [1.807, 2.05) is 0 Å². The number of benzene rings is 1. The van der Waals surface area contributed by atoms with Crippen molar-refractivity contribution in [2.45, 2.75) is 19.4 Å².